The second kappa shape index (κ2) is 11.2. The van der Waals surface area contributed by atoms with E-state index >= 15 is 0 Å². The van der Waals surface area contributed by atoms with Gasteiger partial charge in [-0.05, 0) is 118 Å². The summed E-state index contributed by atoms with van der Waals surface area (Å²) in [6.07, 6.45) is 4.86. The monoisotopic (exact) mass is 581 g/mol. The quantitative estimate of drug-likeness (QED) is 0.181. The van der Waals surface area contributed by atoms with Crippen LogP contribution in [0, 0.1) is 13.8 Å². The van der Waals surface area contributed by atoms with Crippen molar-refractivity contribution in [3.8, 4) is 11.5 Å². The maximum atomic E-state index is 6.04. The first kappa shape index (κ1) is 27.7. The Morgan fingerprint density at radius 1 is 0.773 bits per heavy atom. The van der Waals surface area contributed by atoms with Crippen molar-refractivity contribution < 1.29 is 4.74 Å². The number of rotatable bonds is 6. The summed E-state index contributed by atoms with van der Waals surface area (Å²) in [7, 11) is 0. The van der Waals surface area contributed by atoms with Gasteiger partial charge in [0.1, 0.15) is 5.69 Å². The van der Waals surface area contributed by atoms with Gasteiger partial charge in [-0.25, -0.2) is 4.98 Å². The first-order valence-electron chi connectivity index (χ1n) is 15.0. The molecule has 6 aromatic rings. The molecule has 0 unspecified atom stereocenters. The summed E-state index contributed by atoms with van der Waals surface area (Å²) < 4.78 is 6.04. The van der Waals surface area contributed by atoms with E-state index in [4.69, 9.17) is 19.7 Å². The summed E-state index contributed by atoms with van der Waals surface area (Å²) in [5, 5.41) is 8.11. The lowest BCUT2D eigenvalue weighted by Crippen LogP contribution is -2.24. The second-order valence-electron chi connectivity index (χ2n) is 11.7. The predicted molar refractivity (Wildman–Crippen MR) is 179 cm³/mol. The van der Waals surface area contributed by atoms with Crippen molar-refractivity contribution in [2.24, 2.45) is 0 Å². The zero-order chi connectivity index (χ0) is 30.4. The topological polar surface area (TPSA) is 101 Å². The zero-order valence-electron chi connectivity index (χ0n) is 25.6. The van der Waals surface area contributed by atoms with Gasteiger partial charge in [0.2, 0.25) is 0 Å². The fraction of sp³-hybridized carbons (Fsp3) is 0.222. The van der Waals surface area contributed by atoms with Crippen LogP contribution in [0.4, 0.5) is 22.7 Å². The molecule has 44 heavy (non-hydrogen) atoms. The Balaban J connectivity index is 1.15. The maximum absolute atomic E-state index is 6.04. The minimum absolute atomic E-state index is 0.115. The first-order valence-corrected chi connectivity index (χ1v) is 15.0. The van der Waals surface area contributed by atoms with Gasteiger partial charge in [-0.3, -0.25) is 15.0 Å². The number of ether oxygens (including phenoxy) is 1. The van der Waals surface area contributed by atoms with E-state index in [2.05, 4.69) is 71.7 Å². The molecule has 0 saturated heterocycles. The summed E-state index contributed by atoms with van der Waals surface area (Å²) in [6, 6.07) is 22.7. The third-order valence-corrected chi connectivity index (χ3v) is 8.25. The van der Waals surface area contributed by atoms with Crippen LogP contribution in [0.15, 0.2) is 84.7 Å². The first-order chi connectivity index (χ1) is 21.3. The molecule has 1 aliphatic heterocycles. The number of nitrogens with zero attached hydrogens (tertiary/aromatic N) is 4. The number of aryl methyl sites for hydroxylation is 2. The molecule has 7 rings (SSSR count). The van der Waals surface area contributed by atoms with E-state index in [0.29, 0.717) is 0 Å². The molecular weight excluding hydrogens is 546 g/mol. The van der Waals surface area contributed by atoms with Crippen LogP contribution in [0.25, 0.3) is 39.0 Å². The number of hydrogen-bond donors (Lipinski definition) is 3. The average Bonchev–Trinajstić information content (AvgIpc) is 3.43. The molecule has 0 amide bonds. The number of benzene rings is 2. The van der Waals surface area contributed by atoms with Crippen molar-refractivity contribution in [3.63, 3.8) is 0 Å². The minimum atomic E-state index is 0.115. The van der Waals surface area contributed by atoms with E-state index in [1.54, 1.807) is 6.20 Å². The number of hydrogen-bond acceptors (Lipinski definition) is 7. The molecule has 1 aliphatic rings. The molecule has 0 spiro atoms. The molecule has 2 aromatic carbocycles. The minimum Gasteiger partial charge on any atom is -0.371 e. The highest BCUT2D eigenvalue weighted by atomic mass is 16.5. The van der Waals surface area contributed by atoms with Crippen LogP contribution >= 0.6 is 0 Å². The lowest BCUT2D eigenvalue weighted by atomic mass is 9.90. The number of aromatic nitrogens is 5. The molecule has 0 saturated carbocycles. The third-order valence-electron chi connectivity index (χ3n) is 8.25. The molecule has 5 heterocycles. The highest BCUT2D eigenvalue weighted by Crippen LogP contribution is 2.36. The molecule has 4 aromatic heterocycles. The number of nitrogens with one attached hydrogen (secondary N) is 3. The Morgan fingerprint density at radius 2 is 1.59 bits per heavy atom. The molecule has 8 nitrogen and oxygen atoms in total. The summed E-state index contributed by atoms with van der Waals surface area (Å²) in [5.41, 5.74) is 13.2. The molecular formula is C36H35N7O. The van der Waals surface area contributed by atoms with Gasteiger partial charge in [0.05, 0.1) is 40.6 Å². The maximum Gasteiger partial charge on any atom is 0.157 e. The summed E-state index contributed by atoms with van der Waals surface area (Å²) in [6.45, 7) is 10.5. The van der Waals surface area contributed by atoms with Gasteiger partial charge < -0.3 is 20.4 Å². The van der Waals surface area contributed by atoms with Crippen LogP contribution in [0.1, 0.15) is 44.1 Å². The number of fused-ring (bicyclic) bond motifs is 2. The van der Waals surface area contributed by atoms with Gasteiger partial charge in [0.15, 0.2) is 5.82 Å². The van der Waals surface area contributed by atoms with Gasteiger partial charge in [-0.1, -0.05) is 6.07 Å². The van der Waals surface area contributed by atoms with E-state index in [0.717, 1.165) is 74.0 Å². The number of imidazole rings is 1. The Labute approximate surface area is 256 Å². The van der Waals surface area contributed by atoms with E-state index < -0.39 is 0 Å². The third kappa shape index (κ3) is 5.52. The van der Waals surface area contributed by atoms with E-state index in [1.165, 1.54) is 16.7 Å². The Kier molecular flexibility index (Phi) is 7.06. The van der Waals surface area contributed by atoms with Gasteiger partial charge >= 0.3 is 0 Å². The molecule has 0 bridgehead atoms. The Hall–Kier alpha value is -5.08. The molecule has 0 radical (unpaired) electrons. The van der Waals surface area contributed by atoms with Crippen molar-refractivity contribution in [1.29, 1.82) is 0 Å². The lowest BCUT2D eigenvalue weighted by molar-refractivity contribution is 0.0232. The van der Waals surface area contributed by atoms with Crippen molar-refractivity contribution in [2.75, 3.05) is 10.6 Å². The highest BCUT2D eigenvalue weighted by molar-refractivity contribution is 5.95. The number of aromatic amines is 1. The lowest BCUT2D eigenvalue weighted by Gasteiger charge is -2.29. The van der Waals surface area contributed by atoms with Gasteiger partial charge in [-0.15, -0.1) is 0 Å². The number of pyridine rings is 3. The van der Waals surface area contributed by atoms with Crippen molar-refractivity contribution in [2.45, 2.75) is 53.2 Å². The molecule has 0 fully saturated rings. The SMILES string of the molecule is CC1=C(c2ccc3nc(C)cc(Nc4ccc(-c5nc6ccc(Nc7ccnc(C)c7)cc6[nH]5)nc4)c3c2)C[C@H](C)O[C@@H]1C. The van der Waals surface area contributed by atoms with Crippen LogP contribution in [-0.4, -0.2) is 37.1 Å². The summed E-state index contributed by atoms with van der Waals surface area (Å²) in [5.74, 6) is 0.724. The van der Waals surface area contributed by atoms with E-state index in [-0.39, 0.29) is 12.2 Å². The molecule has 3 N–H and O–H groups in total. The fourth-order valence-corrected chi connectivity index (χ4v) is 5.95. The average molecular weight is 582 g/mol. The highest BCUT2D eigenvalue weighted by Gasteiger charge is 2.23. The molecule has 8 heteroatoms. The second-order valence-corrected chi connectivity index (χ2v) is 11.7. The molecule has 2 atom stereocenters. The zero-order valence-corrected chi connectivity index (χ0v) is 25.6. The Morgan fingerprint density at radius 3 is 2.41 bits per heavy atom. The van der Waals surface area contributed by atoms with Crippen LogP contribution in [-0.2, 0) is 4.74 Å². The standard InChI is InChI=1S/C36H35N7O/c1-20-14-27(12-13-37-20)40-26-7-10-32-35(18-26)43-36(42-32)33-11-8-28(19-38-33)41-34-15-21(2)39-31-9-6-25(17-30(31)34)29-16-22(3)44-24(5)23(29)4/h6-15,17-19,22,24H,16H2,1-5H3,(H,37,40)(H,39,41)(H,42,43)/t22-,24+/m0/s1. The normalized spacial score (nSPS) is 16.9. The van der Waals surface area contributed by atoms with Crippen LogP contribution in [0.5, 0.6) is 0 Å². The van der Waals surface area contributed by atoms with Crippen LogP contribution < -0.4 is 10.6 Å². The van der Waals surface area contributed by atoms with Gasteiger partial charge in [0, 0.05) is 40.0 Å². The van der Waals surface area contributed by atoms with Crippen LogP contribution in [0.2, 0.25) is 0 Å². The van der Waals surface area contributed by atoms with Crippen molar-refractivity contribution in [1.82, 2.24) is 24.9 Å². The molecule has 0 aliphatic carbocycles. The summed E-state index contributed by atoms with van der Waals surface area (Å²) >= 11 is 0. The smallest absolute Gasteiger partial charge is 0.157 e. The number of H-pyrrole nitrogens is 1. The van der Waals surface area contributed by atoms with Crippen molar-refractivity contribution >= 4 is 50.3 Å². The van der Waals surface area contributed by atoms with E-state index in [1.807, 2.05) is 56.4 Å². The van der Waals surface area contributed by atoms with Crippen molar-refractivity contribution in [3.05, 3.63) is 102 Å². The largest absolute Gasteiger partial charge is 0.371 e. The Bertz CT molecular complexity index is 2040. The predicted octanol–water partition coefficient (Wildman–Crippen LogP) is 8.64. The van der Waals surface area contributed by atoms with E-state index in [9.17, 15) is 0 Å². The summed E-state index contributed by atoms with van der Waals surface area (Å²) in [4.78, 5) is 22.0. The number of anilines is 4. The van der Waals surface area contributed by atoms with Gasteiger partial charge in [-0.2, -0.15) is 0 Å². The van der Waals surface area contributed by atoms with Crippen LogP contribution in [0.3, 0.4) is 0 Å². The fourth-order valence-electron chi connectivity index (χ4n) is 5.95. The van der Waals surface area contributed by atoms with Gasteiger partial charge in [0.25, 0.3) is 0 Å². The molecule has 220 valence electrons.